The van der Waals surface area contributed by atoms with Crippen LogP contribution < -0.4 is 0 Å². The standard InChI is InChI=1S/C10H17Cl2N3/c1-4-8-10(12)9(15(3)13-8)7-14(2)6-5-11/h4-7H2,1-3H3. The Morgan fingerprint density at radius 1 is 1.47 bits per heavy atom. The highest BCUT2D eigenvalue weighted by molar-refractivity contribution is 6.31. The van der Waals surface area contributed by atoms with Crippen molar-refractivity contribution in [1.29, 1.82) is 0 Å². The third-order valence-corrected chi connectivity index (χ3v) is 2.99. The number of alkyl halides is 1. The van der Waals surface area contributed by atoms with E-state index in [4.69, 9.17) is 23.2 Å². The van der Waals surface area contributed by atoms with Gasteiger partial charge in [0, 0.05) is 26.0 Å². The van der Waals surface area contributed by atoms with Crippen LogP contribution >= 0.6 is 23.2 Å². The SMILES string of the molecule is CCc1nn(C)c(CN(C)CCCl)c1Cl. The summed E-state index contributed by atoms with van der Waals surface area (Å²) in [5.74, 6) is 0.632. The summed E-state index contributed by atoms with van der Waals surface area (Å²) in [7, 11) is 3.95. The molecule has 5 heteroatoms. The minimum absolute atomic E-state index is 0.632. The zero-order chi connectivity index (χ0) is 11.4. The molecule has 1 heterocycles. The van der Waals surface area contributed by atoms with Gasteiger partial charge >= 0.3 is 0 Å². The highest BCUT2D eigenvalue weighted by Gasteiger charge is 2.13. The first-order chi connectivity index (χ1) is 7.10. The molecule has 0 unspecified atom stereocenters. The van der Waals surface area contributed by atoms with Gasteiger partial charge in [0.15, 0.2) is 0 Å². The van der Waals surface area contributed by atoms with Crippen molar-refractivity contribution in [3.05, 3.63) is 16.4 Å². The highest BCUT2D eigenvalue weighted by atomic mass is 35.5. The summed E-state index contributed by atoms with van der Waals surface area (Å²) in [5, 5.41) is 5.16. The molecule has 1 aromatic rings. The van der Waals surface area contributed by atoms with Crippen LogP contribution in [0.4, 0.5) is 0 Å². The second-order valence-electron chi connectivity index (χ2n) is 3.61. The quantitative estimate of drug-likeness (QED) is 0.748. The van der Waals surface area contributed by atoms with Crippen LogP contribution in [-0.2, 0) is 20.0 Å². The van der Waals surface area contributed by atoms with Gasteiger partial charge in [0.05, 0.1) is 16.4 Å². The monoisotopic (exact) mass is 249 g/mol. The van der Waals surface area contributed by atoms with Gasteiger partial charge in [-0.3, -0.25) is 9.58 Å². The molecule has 0 bridgehead atoms. The Hall–Kier alpha value is -0.250. The molecule has 15 heavy (non-hydrogen) atoms. The lowest BCUT2D eigenvalue weighted by Crippen LogP contribution is -2.21. The summed E-state index contributed by atoms with van der Waals surface area (Å²) < 4.78 is 1.85. The van der Waals surface area contributed by atoms with E-state index >= 15 is 0 Å². The number of nitrogens with zero attached hydrogens (tertiary/aromatic N) is 3. The first-order valence-electron chi connectivity index (χ1n) is 5.04. The summed E-state index contributed by atoms with van der Waals surface area (Å²) in [4.78, 5) is 2.13. The fraction of sp³-hybridized carbons (Fsp3) is 0.700. The largest absolute Gasteiger partial charge is 0.299 e. The predicted molar refractivity (Wildman–Crippen MR) is 64.7 cm³/mol. The van der Waals surface area contributed by atoms with Gasteiger partial charge < -0.3 is 0 Å². The van der Waals surface area contributed by atoms with E-state index in [9.17, 15) is 0 Å². The Kier molecular flexibility index (Phi) is 4.90. The van der Waals surface area contributed by atoms with Crippen LogP contribution in [0, 0.1) is 0 Å². The zero-order valence-corrected chi connectivity index (χ0v) is 10.9. The van der Waals surface area contributed by atoms with Crippen LogP contribution in [0.5, 0.6) is 0 Å². The van der Waals surface area contributed by atoms with Crippen molar-refractivity contribution >= 4 is 23.2 Å². The summed E-state index contributed by atoms with van der Waals surface area (Å²) in [6.07, 6.45) is 0.867. The van der Waals surface area contributed by atoms with Gasteiger partial charge in [-0.15, -0.1) is 11.6 Å². The van der Waals surface area contributed by atoms with Gasteiger partial charge in [-0.25, -0.2) is 0 Å². The molecule has 0 spiro atoms. The van der Waals surface area contributed by atoms with Crippen molar-refractivity contribution in [2.24, 2.45) is 7.05 Å². The minimum Gasteiger partial charge on any atom is -0.299 e. The third kappa shape index (κ3) is 3.10. The number of halogens is 2. The molecule has 0 fully saturated rings. The van der Waals surface area contributed by atoms with Gasteiger partial charge in [0.2, 0.25) is 0 Å². The van der Waals surface area contributed by atoms with Crippen LogP contribution in [0.3, 0.4) is 0 Å². The molecule has 0 saturated carbocycles. The molecular formula is C10H17Cl2N3. The smallest absolute Gasteiger partial charge is 0.0863 e. The minimum atomic E-state index is 0.632. The Balaban J connectivity index is 2.80. The number of aryl methyl sites for hydroxylation is 2. The number of rotatable bonds is 5. The second kappa shape index (κ2) is 5.73. The van der Waals surface area contributed by atoms with Crippen molar-refractivity contribution in [1.82, 2.24) is 14.7 Å². The molecule has 86 valence electrons. The fourth-order valence-corrected chi connectivity index (χ4v) is 2.11. The Bertz CT molecular complexity index is 323. The highest BCUT2D eigenvalue weighted by Crippen LogP contribution is 2.21. The average molecular weight is 250 g/mol. The zero-order valence-electron chi connectivity index (χ0n) is 9.43. The maximum Gasteiger partial charge on any atom is 0.0863 e. The topological polar surface area (TPSA) is 21.1 Å². The van der Waals surface area contributed by atoms with Gasteiger partial charge in [0.25, 0.3) is 0 Å². The maximum absolute atomic E-state index is 6.23. The molecule has 0 radical (unpaired) electrons. The van der Waals surface area contributed by atoms with Crippen molar-refractivity contribution in [3.63, 3.8) is 0 Å². The van der Waals surface area contributed by atoms with E-state index in [0.29, 0.717) is 5.88 Å². The number of hydrogen-bond acceptors (Lipinski definition) is 2. The maximum atomic E-state index is 6.23. The van der Waals surface area contributed by atoms with E-state index in [1.165, 1.54) is 0 Å². The summed E-state index contributed by atoms with van der Waals surface area (Å²) in [5.41, 5.74) is 2.02. The molecule has 1 aromatic heterocycles. The molecular weight excluding hydrogens is 233 g/mol. The third-order valence-electron chi connectivity index (χ3n) is 2.39. The van der Waals surface area contributed by atoms with Crippen molar-refractivity contribution in [2.75, 3.05) is 19.5 Å². The van der Waals surface area contributed by atoms with E-state index in [2.05, 4.69) is 16.9 Å². The average Bonchev–Trinajstić information content (AvgIpc) is 2.45. The van der Waals surface area contributed by atoms with E-state index in [0.717, 1.165) is 35.9 Å². The second-order valence-corrected chi connectivity index (χ2v) is 4.37. The Labute approximate surface area is 101 Å². The molecule has 0 amide bonds. The normalized spacial score (nSPS) is 11.3. The van der Waals surface area contributed by atoms with Gasteiger partial charge in [-0.2, -0.15) is 5.10 Å². The van der Waals surface area contributed by atoms with Crippen LogP contribution in [0.15, 0.2) is 0 Å². The Morgan fingerprint density at radius 3 is 2.60 bits per heavy atom. The summed E-state index contributed by atoms with van der Waals surface area (Å²) in [6.45, 7) is 3.69. The molecule has 0 N–H and O–H groups in total. The molecule has 0 saturated heterocycles. The van der Waals surface area contributed by atoms with E-state index in [-0.39, 0.29) is 0 Å². The molecule has 0 aromatic carbocycles. The number of hydrogen-bond donors (Lipinski definition) is 0. The van der Waals surface area contributed by atoms with Crippen LogP contribution in [0.25, 0.3) is 0 Å². The summed E-state index contributed by atoms with van der Waals surface area (Å²) in [6, 6.07) is 0. The van der Waals surface area contributed by atoms with Crippen LogP contribution in [0.1, 0.15) is 18.3 Å². The lowest BCUT2D eigenvalue weighted by Gasteiger charge is -2.14. The molecule has 0 aliphatic carbocycles. The van der Waals surface area contributed by atoms with E-state index in [1.807, 2.05) is 18.8 Å². The van der Waals surface area contributed by atoms with Crippen molar-refractivity contribution < 1.29 is 0 Å². The van der Waals surface area contributed by atoms with Crippen molar-refractivity contribution in [2.45, 2.75) is 19.9 Å². The van der Waals surface area contributed by atoms with Gasteiger partial charge in [0.1, 0.15) is 0 Å². The van der Waals surface area contributed by atoms with Gasteiger partial charge in [-0.1, -0.05) is 18.5 Å². The first kappa shape index (κ1) is 12.8. The van der Waals surface area contributed by atoms with E-state index in [1.54, 1.807) is 0 Å². The Morgan fingerprint density at radius 2 is 2.13 bits per heavy atom. The first-order valence-corrected chi connectivity index (χ1v) is 5.96. The molecule has 0 atom stereocenters. The van der Waals surface area contributed by atoms with Crippen molar-refractivity contribution in [3.8, 4) is 0 Å². The van der Waals surface area contributed by atoms with Crippen LogP contribution in [0.2, 0.25) is 5.02 Å². The fourth-order valence-electron chi connectivity index (χ4n) is 1.47. The lowest BCUT2D eigenvalue weighted by molar-refractivity contribution is 0.337. The van der Waals surface area contributed by atoms with Gasteiger partial charge in [-0.05, 0) is 13.5 Å². The molecule has 1 rings (SSSR count). The summed E-state index contributed by atoms with van der Waals surface area (Å²) >= 11 is 11.9. The molecule has 0 aliphatic heterocycles. The molecule has 3 nitrogen and oxygen atoms in total. The molecule has 0 aliphatic rings. The van der Waals surface area contributed by atoms with Crippen LogP contribution in [-0.4, -0.2) is 34.2 Å². The predicted octanol–water partition coefficient (Wildman–Crippen LogP) is 2.31. The number of aromatic nitrogens is 2. The van der Waals surface area contributed by atoms with E-state index < -0.39 is 0 Å². The lowest BCUT2D eigenvalue weighted by atomic mass is 10.3.